The number of aliphatic hydroxyl groups is 3. The molecule has 1 aliphatic heterocycles. The minimum absolute atomic E-state index is 0.500. The predicted molar refractivity (Wildman–Crippen MR) is 34.0 cm³/mol. The normalized spacial score (nSPS) is 45.7. The van der Waals surface area contributed by atoms with Crippen molar-refractivity contribution < 1.29 is 19.5 Å². The second-order valence-electron chi connectivity index (χ2n) is 2.17. The van der Waals surface area contributed by atoms with Gasteiger partial charge in [-0.15, -0.1) is 0 Å². The Morgan fingerprint density at radius 1 is 1.50 bits per heavy atom. The summed E-state index contributed by atoms with van der Waals surface area (Å²) >= 11 is 0. The molecule has 56 valence electrons. The van der Waals surface area contributed by atoms with Crippen LogP contribution in [0.15, 0.2) is 0 Å². The van der Waals surface area contributed by atoms with E-state index in [1.165, 1.54) is 0 Å². The van der Waals surface area contributed by atoms with E-state index in [4.69, 9.17) is 23.2 Å². The van der Waals surface area contributed by atoms with Crippen LogP contribution in [0.5, 0.6) is 0 Å². The zero-order valence-electron chi connectivity index (χ0n) is 4.94. The summed E-state index contributed by atoms with van der Waals surface area (Å²) < 4.78 is 12.4. The fraction of sp³-hybridized carbons (Fsp3) is 1.00. The summed E-state index contributed by atoms with van der Waals surface area (Å²) in [4.78, 5) is 0. The van der Waals surface area contributed by atoms with Gasteiger partial charge in [0.15, 0.2) is 0 Å². The van der Waals surface area contributed by atoms with E-state index in [0.717, 1.165) is 0 Å². The minimum atomic E-state index is -2.52. The molecule has 5 nitrogen and oxygen atoms in total. The molecule has 0 spiro atoms. The van der Waals surface area contributed by atoms with Gasteiger partial charge in [0, 0.05) is 0 Å². The van der Waals surface area contributed by atoms with Crippen molar-refractivity contribution in [2.24, 2.45) is 0 Å². The molecular formula is C3H6BNO4S. The van der Waals surface area contributed by atoms with Crippen molar-refractivity contribution in [2.45, 2.75) is 11.4 Å². The van der Waals surface area contributed by atoms with Crippen molar-refractivity contribution in [1.29, 1.82) is 0 Å². The van der Waals surface area contributed by atoms with Crippen molar-refractivity contribution in [3.63, 3.8) is 0 Å². The Morgan fingerprint density at radius 2 is 2.00 bits per heavy atom. The highest BCUT2D eigenvalue weighted by Gasteiger charge is 2.51. The molecule has 7 heteroatoms. The zero-order chi connectivity index (χ0) is 7.99. The van der Waals surface area contributed by atoms with Gasteiger partial charge in [0.05, 0.1) is 16.7 Å². The summed E-state index contributed by atoms with van der Waals surface area (Å²) in [5, 5.41) is 26.5. The first-order valence-corrected chi connectivity index (χ1v) is 3.79. The average Bonchev–Trinajstić information content (AvgIpc) is 1.73. The van der Waals surface area contributed by atoms with Crippen LogP contribution in [0.1, 0.15) is 0 Å². The Hall–Kier alpha value is 0.0549. The zero-order valence-corrected chi connectivity index (χ0v) is 5.76. The average molecular weight is 163 g/mol. The minimum Gasteiger partial charge on any atom is -0.379 e. The molecule has 0 bridgehead atoms. The highest BCUT2D eigenvalue weighted by atomic mass is 32.2. The topological polar surface area (TPSA) is 89.8 Å². The summed E-state index contributed by atoms with van der Waals surface area (Å²) in [7, 11) is 3.21. The largest absolute Gasteiger partial charge is 0.379 e. The molecule has 0 aromatic heterocycles. The van der Waals surface area contributed by atoms with E-state index in [-0.39, 0.29) is 0 Å². The van der Waals surface area contributed by atoms with E-state index in [1.54, 1.807) is 0 Å². The summed E-state index contributed by atoms with van der Waals surface area (Å²) in [6.07, 6.45) is 0. The van der Waals surface area contributed by atoms with Crippen LogP contribution < -0.4 is 4.72 Å². The molecule has 0 aliphatic carbocycles. The van der Waals surface area contributed by atoms with Gasteiger partial charge in [-0.05, 0) is 0 Å². The first-order valence-electron chi connectivity index (χ1n) is 2.47. The molecule has 1 heterocycles. The van der Waals surface area contributed by atoms with E-state index >= 15 is 0 Å². The van der Waals surface area contributed by atoms with Gasteiger partial charge in [-0.2, -0.15) is 0 Å². The van der Waals surface area contributed by atoms with Crippen LogP contribution in [0, 0.1) is 0 Å². The van der Waals surface area contributed by atoms with Crippen molar-refractivity contribution in [3.05, 3.63) is 0 Å². The van der Waals surface area contributed by atoms with Crippen LogP contribution in [0.3, 0.4) is 0 Å². The number of hydrogen-bond acceptors (Lipinski definition) is 4. The maximum absolute atomic E-state index is 10.5. The summed E-state index contributed by atoms with van der Waals surface area (Å²) in [6.45, 7) is 0. The molecular weight excluding hydrogens is 157 g/mol. The van der Waals surface area contributed by atoms with Crippen molar-refractivity contribution in [3.8, 4) is 0 Å². The monoisotopic (exact) mass is 163 g/mol. The van der Waals surface area contributed by atoms with Crippen LogP contribution in [-0.4, -0.2) is 44.5 Å². The van der Waals surface area contributed by atoms with Crippen molar-refractivity contribution >= 4 is 18.8 Å². The number of rotatable bonds is 0. The third-order valence-corrected chi connectivity index (χ3v) is 2.42. The van der Waals surface area contributed by atoms with E-state index < -0.39 is 28.1 Å². The van der Waals surface area contributed by atoms with Crippen LogP contribution in [0.25, 0.3) is 0 Å². The molecule has 1 rings (SSSR count). The maximum atomic E-state index is 10.5. The third kappa shape index (κ3) is 1.10. The summed E-state index contributed by atoms with van der Waals surface area (Å²) in [5.41, 5.74) is -2.38. The van der Waals surface area contributed by atoms with E-state index in [9.17, 15) is 4.21 Å². The Labute approximate surface area is 61.1 Å². The molecule has 2 radical (unpaired) electrons. The molecule has 1 aliphatic rings. The molecule has 10 heavy (non-hydrogen) atoms. The molecule has 0 amide bonds. The van der Waals surface area contributed by atoms with Crippen LogP contribution in [0.2, 0.25) is 0 Å². The first-order chi connectivity index (χ1) is 4.35. The smallest absolute Gasteiger partial charge is 0.210 e. The first kappa shape index (κ1) is 8.15. The van der Waals surface area contributed by atoms with Gasteiger partial charge in [0.1, 0.15) is 13.5 Å². The van der Waals surface area contributed by atoms with E-state index in [0.29, 0.717) is 0 Å². The highest BCUT2D eigenvalue weighted by Crippen LogP contribution is 2.21. The molecule has 0 aromatic rings. The Balaban J connectivity index is 2.88. The molecule has 4 N–H and O–H groups in total. The van der Waals surface area contributed by atoms with Gasteiger partial charge in [0.25, 0.3) is 0 Å². The van der Waals surface area contributed by atoms with Gasteiger partial charge in [-0.25, -0.2) is 8.93 Å². The van der Waals surface area contributed by atoms with Crippen LogP contribution in [0.4, 0.5) is 0 Å². The Morgan fingerprint density at radius 3 is 2.10 bits per heavy atom. The van der Waals surface area contributed by atoms with Crippen molar-refractivity contribution in [1.82, 2.24) is 4.72 Å². The van der Waals surface area contributed by atoms with E-state index in [1.807, 2.05) is 4.72 Å². The van der Waals surface area contributed by atoms with Crippen LogP contribution in [-0.2, 0) is 11.0 Å². The molecule has 2 atom stereocenters. The fourth-order valence-electron chi connectivity index (χ4n) is 0.584. The van der Waals surface area contributed by atoms with Gasteiger partial charge >= 0.3 is 0 Å². The molecule has 2 unspecified atom stereocenters. The van der Waals surface area contributed by atoms with Gasteiger partial charge in [-0.3, -0.25) is 0 Å². The summed E-state index contributed by atoms with van der Waals surface area (Å²) in [6, 6.07) is 0. The molecule has 1 fully saturated rings. The van der Waals surface area contributed by atoms with Gasteiger partial charge in [0.2, 0.25) is 5.79 Å². The predicted octanol–water partition coefficient (Wildman–Crippen LogP) is -3.25. The summed E-state index contributed by atoms with van der Waals surface area (Å²) in [5.74, 6) is -3.02. The molecule has 0 aromatic carbocycles. The quantitative estimate of drug-likeness (QED) is 0.223. The Bertz CT molecular complexity index is 163. The SMILES string of the molecule is [B]C1(O)NS(=O)CC1(O)O. The standard InChI is InChI=1S/C3H6BNO4S/c4-3(8)2(6,7)1-10(9)5-3/h5-8H,1H2. The maximum Gasteiger partial charge on any atom is 0.210 e. The lowest BCUT2D eigenvalue weighted by Gasteiger charge is -2.28. The van der Waals surface area contributed by atoms with Gasteiger partial charge < -0.3 is 15.3 Å². The number of hydrogen-bond donors (Lipinski definition) is 4. The fourth-order valence-corrected chi connectivity index (χ4v) is 1.75. The lowest BCUT2D eigenvalue weighted by atomic mass is 9.85. The van der Waals surface area contributed by atoms with E-state index in [2.05, 4.69) is 0 Å². The van der Waals surface area contributed by atoms with Gasteiger partial charge in [-0.1, -0.05) is 0 Å². The lowest BCUT2D eigenvalue weighted by Crippen LogP contribution is -2.58. The Kier molecular flexibility index (Phi) is 1.65. The third-order valence-electron chi connectivity index (χ3n) is 1.21. The molecule has 0 saturated carbocycles. The molecule has 1 saturated heterocycles. The lowest BCUT2D eigenvalue weighted by molar-refractivity contribution is -0.222. The van der Waals surface area contributed by atoms with Crippen LogP contribution >= 0.6 is 0 Å². The van der Waals surface area contributed by atoms with Crippen molar-refractivity contribution in [2.75, 3.05) is 5.75 Å². The number of nitrogens with one attached hydrogen (secondary N) is 1. The second-order valence-corrected chi connectivity index (χ2v) is 3.36. The second kappa shape index (κ2) is 2.02. The highest BCUT2D eigenvalue weighted by molar-refractivity contribution is 7.83.